The molecule has 0 amide bonds. The van der Waals surface area contributed by atoms with E-state index in [0.29, 0.717) is 24.7 Å². The van der Waals surface area contributed by atoms with E-state index in [4.69, 9.17) is 0 Å². The molecule has 0 aromatic carbocycles. The zero-order valence-electron chi connectivity index (χ0n) is 11.0. The van der Waals surface area contributed by atoms with Crippen LogP contribution in [0.15, 0.2) is 11.6 Å². The molecule has 1 N–H and O–H groups in total. The average molecular weight is 260 g/mol. The minimum Gasteiger partial charge on any atom is -0.393 e. The maximum absolute atomic E-state index is 11.0. The normalized spacial score (nSPS) is 27.6. The maximum Gasteiger partial charge on any atom is 0.147 e. The molecular weight excluding hydrogens is 236 g/mol. The van der Waals surface area contributed by atoms with E-state index in [-0.39, 0.29) is 11.9 Å². The molecule has 1 rings (SSSR count). The number of rotatable bonds is 5. The highest BCUT2D eigenvalue weighted by atomic mass is 32.2. The van der Waals surface area contributed by atoms with E-state index in [9.17, 15) is 13.5 Å². The molecule has 0 aromatic rings. The molecule has 0 saturated carbocycles. The van der Waals surface area contributed by atoms with Crippen molar-refractivity contribution in [3.63, 3.8) is 0 Å². The summed E-state index contributed by atoms with van der Waals surface area (Å²) in [5, 5.41) is 10.1. The van der Waals surface area contributed by atoms with Gasteiger partial charge < -0.3 is 5.11 Å². The number of allylic oxidation sites excluding steroid dienone is 2. The van der Waals surface area contributed by atoms with Crippen LogP contribution in [-0.4, -0.2) is 31.6 Å². The fourth-order valence-corrected chi connectivity index (χ4v) is 3.37. The molecule has 0 fully saturated rings. The summed E-state index contributed by atoms with van der Waals surface area (Å²) < 4.78 is 22.0. The Morgan fingerprint density at radius 1 is 1.53 bits per heavy atom. The number of hydrogen-bond acceptors (Lipinski definition) is 3. The van der Waals surface area contributed by atoms with Gasteiger partial charge in [-0.2, -0.15) is 0 Å². The van der Waals surface area contributed by atoms with Crippen LogP contribution in [0.5, 0.6) is 0 Å². The van der Waals surface area contributed by atoms with Crippen molar-refractivity contribution in [3.05, 3.63) is 11.6 Å². The van der Waals surface area contributed by atoms with Crippen LogP contribution in [0, 0.1) is 11.8 Å². The smallest absolute Gasteiger partial charge is 0.147 e. The number of aliphatic hydroxyl groups is 1. The molecule has 3 nitrogen and oxygen atoms in total. The van der Waals surface area contributed by atoms with Crippen molar-refractivity contribution in [3.8, 4) is 0 Å². The van der Waals surface area contributed by atoms with Gasteiger partial charge >= 0.3 is 0 Å². The van der Waals surface area contributed by atoms with E-state index >= 15 is 0 Å². The summed E-state index contributed by atoms with van der Waals surface area (Å²) in [4.78, 5) is 0. The second kappa shape index (κ2) is 6.01. The van der Waals surface area contributed by atoms with E-state index in [0.717, 1.165) is 12.8 Å². The fourth-order valence-electron chi connectivity index (χ4n) is 2.68. The van der Waals surface area contributed by atoms with Crippen molar-refractivity contribution in [2.75, 3.05) is 12.0 Å². The van der Waals surface area contributed by atoms with Gasteiger partial charge in [0.15, 0.2) is 0 Å². The van der Waals surface area contributed by atoms with Gasteiger partial charge in [0.2, 0.25) is 0 Å². The minimum absolute atomic E-state index is 0.182. The van der Waals surface area contributed by atoms with Gasteiger partial charge in [0.1, 0.15) is 9.84 Å². The molecule has 0 saturated heterocycles. The van der Waals surface area contributed by atoms with Crippen LogP contribution in [0.2, 0.25) is 0 Å². The van der Waals surface area contributed by atoms with E-state index < -0.39 is 9.84 Å². The van der Waals surface area contributed by atoms with E-state index in [1.807, 2.05) is 0 Å². The molecule has 4 heteroatoms. The van der Waals surface area contributed by atoms with Crippen LogP contribution in [0.1, 0.15) is 39.5 Å². The van der Waals surface area contributed by atoms with Crippen LogP contribution < -0.4 is 0 Å². The SMILES string of the molecule is CC1=CC(C)CC(C(O)CCCS(C)(=O)=O)C1. The Hall–Kier alpha value is -0.350. The van der Waals surface area contributed by atoms with Crippen LogP contribution >= 0.6 is 0 Å². The van der Waals surface area contributed by atoms with Gasteiger partial charge in [-0.05, 0) is 44.4 Å². The topological polar surface area (TPSA) is 54.4 Å². The van der Waals surface area contributed by atoms with Gasteiger partial charge in [0, 0.05) is 12.0 Å². The first kappa shape index (κ1) is 14.7. The van der Waals surface area contributed by atoms with Gasteiger partial charge in [-0.1, -0.05) is 18.6 Å². The van der Waals surface area contributed by atoms with Crippen LogP contribution in [-0.2, 0) is 9.84 Å². The summed E-state index contributed by atoms with van der Waals surface area (Å²) >= 11 is 0. The van der Waals surface area contributed by atoms with Gasteiger partial charge in [-0.3, -0.25) is 0 Å². The lowest BCUT2D eigenvalue weighted by atomic mass is 9.79. The van der Waals surface area contributed by atoms with Crippen molar-refractivity contribution in [1.29, 1.82) is 0 Å². The quantitative estimate of drug-likeness (QED) is 0.771. The predicted molar refractivity (Wildman–Crippen MR) is 70.6 cm³/mol. The summed E-state index contributed by atoms with van der Waals surface area (Å²) in [5.74, 6) is 1.01. The van der Waals surface area contributed by atoms with E-state index in [1.165, 1.54) is 11.8 Å². The van der Waals surface area contributed by atoms with E-state index in [1.54, 1.807) is 0 Å². The molecule has 0 heterocycles. The zero-order valence-corrected chi connectivity index (χ0v) is 11.8. The minimum atomic E-state index is -2.89. The molecule has 0 aromatic heterocycles. The Morgan fingerprint density at radius 2 is 2.18 bits per heavy atom. The Labute approximate surface area is 105 Å². The zero-order chi connectivity index (χ0) is 13.1. The largest absolute Gasteiger partial charge is 0.393 e. The second-order valence-electron chi connectivity index (χ2n) is 5.53. The van der Waals surface area contributed by atoms with Gasteiger partial charge in [-0.15, -0.1) is 0 Å². The third-order valence-electron chi connectivity index (χ3n) is 3.39. The number of sulfone groups is 1. The number of hydrogen-bond donors (Lipinski definition) is 1. The third kappa shape index (κ3) is 5.68. The highest BCUT2D eigenvalue weighted by Gasteiger charge is 2.24. The van der Waals surface area contributed by atoms with Crippen molar-refractivity contribution in [1.82, 2.24) is 0 Å². The Bertz CT molecular complexity index is 370. The fraction of sp³-hybridized carbons (Fsp3) is 0.846. The molecule has 3 atom stereocenters. The highest BCUT2D eigenvalue weighted by Crippen LogP contribution is 2.31. The van der Waals surface area contributed by atoms with Crippen molar-refractivity contribution in [2.45, 2.75) is 45.6 Å². The first-order valence-corrected chi connectivity index (χ1v) is 8.37. The second-order valence-corrected chi connectivity index (χ2v) is 7.79. The molecule has 0 bridgehead atoms. The summed E-state index contributed by atoms with van der Waals surface area (Å²) in [5.41, 5.74) is 1.34. The Balaban J connectivity index is 2.38. The Kier molecular flexibility index (Phi) is 5.20. The molecule has 3 unspecified atom stereocenters. The van der Waals surface area contributed by atoms with Crippen molar-refractivity contribution >= 4 is 9.84 Å². The molecule has 17 heavy (non-hydrogen) atoms. The average Bonchev–Trinajstić information content (AvgIpc) is 2.13. The van der Waals surface area contributed by atoms with Crippen molar-refractivity contribution < 1.29 is 13.5 Å². The van der Waals surface area contributed by atoms with E-state index in [2.05, 4.69) is 19.9 Å². The third-order valence-corrected chi connectivity index (χ3v) is 4.42. The monoisotopic (exact) mass is 260 g/mol. The molecule has 100 valence electrons. The number of aliphatic hydroxyl groups excluding tert-OH is 1. The van der Waals surface area contributed by atoms with Crippen LogP contribution in [0.25, 0.3) is 0 Å². The summed E-state index contributed by atoms with van der Waals surface area (Å²) in [6.45, 7) is 4.27. The predicted octanol–water partition coefficient (Wildman–Crippen LogP) is 2.16. The summed E-state index contributed by atoms with van der Waals surface area (Å²) in [6.07, 6.45) is 6.27. The van der Waals surface area contributed by atoms with Crippen LogP contribution in [0.4, 0.5) is 0 Å². The summed E-state index contributed by atoms with van der Waals surface area (Å²) in [7, 11) is -2.89. The van der Waals surface area contributed by atoms with Crippen molar-refractivity contribution in [2.24, 2.45) is 11.8 Å². The molecule has 1 aliphatic carbocycles. The highest BCUT2D eigenvalue weighted by molar-refractivity contribution is 7.90. The Morgan fingerprint density at radius 3 is 2.71 bits per heavy atom. The first-order valence-electron chi connectivity index (χ1n) is 6.31. The molecule has 1 aliphatic rings. The molecule has 0 spiro atoms. The maximum atomic E-state index is 11.0. The molecule has 0 radical (unpaired) electrons. The molecule has 0 aliphatic heterocycles. The van der Waals surface area contributed by atoms with Gasteiger partial charge in [0.05, 0.1) is 6.10 Å². The standard InChI is InChI=1S/C13H24O3S/c1-10-7-11(2)9-12(8-10)13(14)5-4-6-17(3,15)16/h7,10,12-14H,4-6,8-9H2,1-3H3. The lowest BCUT2D eigenvalue weighted by Crippen LogP contribution is -2.25. The van der Waals surface area contributed by atoms with Gasteiger partial charge in [0.25, 0.3) is 0 Å². The lowest BCUT2D eigenvalue weighted by Gasteiger charge is -2.29. The van der Waals surface area contributed by atoms with Gasteiger partial charge in [-0.25, -0.2) is 8.42 Å². The molecular formula is C13H24O3S. The lowest BCUT2D eigenvalue weighted by molar-refractivity contribution is 0.0845. The van der Waals surface area contributed by atoms with Crippen LogP contribution in [0.3, 0.4) is 0 Å². The summed E-state index contributed by atoms with van der Waals surface area (Å²) in [6, 6.07) is 0. The first-order chi connectivity index (χ1) is 7.78.